The minimum absolute atomic E-state index is 0.380. The van der Waals surface area contributed by atoms with Crippen molar-refractivity contribution in [1.29, 1.82) is 0 Å². The Balaban J connectivity index is 1.89. The minimum Gasteiger partial charge on any atom is -0.389 e. The molecule has 1 atom stereocenters. The van der Waals surface area contributed by atoms with E-state index < -0.39 is 6.10 Å². The van der Waals surface area contributed by atoms with Crippen molar-refractivity contribution in [1.82, 2.24) is 4.98 Å². The van der Waals surface area contributed by atoms with E-state index in [1.54, 1.807) is 30.5 Å². The van der Waals surface area contributed by atoms with Crippen molar-refractivity contribution >= 4 is 23.3 Å². The molecule has 138 valence electrons. The van der Waals surface area contributed by atoms with Gasteiger partial charge in [0.2, 0.25) is 0 Å². The molecule has 1 heterocycles. The van der Waals surface area contributed by atoms with E-state index in [-0.39, 0.29) is 5.82 Å². The van der Waals surface area contributed by atoms with Crippen molar-refractivity contribution in [2.45, 2.75) is 39.2 Å². The van der Waals surface area contributed by atoms with Crippen LogP contribution in [0.4, 0.5) is 4.39 Å². The first-order chi connectivity index (χ1) is 12.5. The Morgan fingerprint density at radius 3 is 2.92 bits per heavy atom. The second-order valence-electron chi connectivity index (χ2n) is 6.65. The number of halogens is 1. The van der Waals surface area contributed by atoms with Crippen LogP contribution < -0.4 is 5.84 Å². The SMILES string of the molecule is Cc1nc(-c2ccc(F)cc2[C@@H](C)O)c(CC(C=NCC2CC2)=NN)s1. The van der Waals surface area contributed by atoms with Crippen LogP contribution in [-0.4, -0.2) is 28.6 Å². The Morgan fingerprint density at radius 1 is 1.50 bits per heavy atom. The van der Waals surface area contributed by atoms with Crippen LogP contribution in [-0.2, 0) is 6.42 Å². The summed E-state index contributed by atoms with van der Waals surface area (Å²) in [6, 6.07) is 4.40. The summed E-state index contributed by atoms with van der Waals surface area (Å²) in [5, 5.41) is 14.8. The summed E-state index contributed by atoms with van der Waals surface area (Å²) >= 11 is 1.55. The molecule has 0 spiro atoms. The molecule has 1 aromatic heterocycles. The highest BCUT2D eigenvalue weighted by Gasteiger charge is 2.21. The fraction of sp³-hybridized carbons (Fsp3) is 0.421. The van der Waals surface area contributed by atoms with Gasteiger partial charge >= 0.3 is 0 Å². The lowest BCUT2D eigenvalue weighted by Gasteiger charge is -2.12. The summed E-state index contributed by atoms with van der Waals surface area (Å²) < 4.78 is 13.6. The van der Waals surface area contributed by atoms with Crippen LogP contribution in [0.15, 0.2) is 28.3 Å². The minimum atomic E-state index is -0.793. The lowest BCUT2D eigenvalue weighted by atomic mass is 9.99. The van der Waals surface area contributed by atoms with Gasteiger partial charge in [0.05, 0.1) is 22.5 Å². The van der Waals surface area contributed by atoms with E-state index in [4.69, 9.17) is 5.84 Å². The molecule has 0 unspecified atom stereocenters. The van der Waals surface area contributed by atoms with Crippen LogP contribution in [0, 0.1) is 18.7 Å². The van der Waals surface area contributed by atoms with Gasteiger partial charge in [-0.15, -0.1) is 11.3 Å². The Hall–Kier alpha value is -2.12. The molecule has 2 aromatic rings. The number of hydrazone groups is 1. The van der Waals surface area contributed by atoms with E-state index in [1.165, 1.54) is 25.0 Å². The molecule has 0 saturated heterocycles. The van der Waals surface area contributed by atoms with Gasteiger partial charge < -0.3 is 10.9 Å². The van der Waals surface area contributed by atoms with Gasteiger partial charge in [-0.3, -0.25) is 4.99 Å². The summed E-state index contributed by atoms with van der Waals surface area (Å²) in [4.78, 5) is 10.0. The summed E-state index contributed by atoms with van der Waals surface area (Å²) in [5.41, 5.74) is 2.66. The molecule has 1 saturated carbocycles. The van der Waals surface area contributed by atoms with Crippen LogP contribution in [0.5, 0.6) is 0 Å². The Labute approximate surface area is 156 Å². The van der Waals surface area contributed by atoms with Crippen molar-refractivity contribution in [3.63, 3.8) is 0 Å². The van der Waals surface area contributed by atoms with E-state index in [0.717, 1.165) is 27.7 Å². The lowest BCUT2D eigenvalue weighted by Crippen LogP contribution is -2.09. The monoisotopic (exact) mass is 374 g/mol. The zero-order chi connectivity index (χ0) is 18.7. The van der Waals surface area contributed by atoms with Crippen LogP contribution in [0.3, 0.4) is 0 Å². The number of rotatable bonds is 7. The van der Waals surface area contributed by atoms with Crippen molar-refractivity contribution < 1.29 is 9.50 Å². The van der Waals surface area contributed by atoms with Gasteiger partial charge in [0.15, 0.2) is 0 Å². The van der Waals surface area contributed by atoms with Gasteiger partial charge in [-0.05, 0) is 56.4 Å². The number of aromatic nitrogens is 1. The Morgan fingerprint density at radius 2 is 2.27 bits per heavy atom. The third kappa shape index (κ3) is 4.53. The van der Waals surface area contributed by atoms with Crippen LogP contribution in [0.25, 0.3) is 11.3 Å². The highest BCUT2D eigenvalue weighted by atomic mass is 32.1. The van der Waals surface area contributed by atoms with Crippen LogP contribution in [0.2, 0.25) is 0 Å². The van der Waals surface area contributed by atoms with Gasteiger partial charge in [-0.1, -0.05) is 0 Å². The highest BCUT2D eigenvalue weighted by molar-refractivity contribution is 7.12. The predicted molar refractivity (Wildman–Crippen MR) is 104 cm³/mol. The largest absolute Gasteiger partial charge is 0.389 e. The maximum absolute atomic E-state index is 13.6. The van der Waals surface area contributed by atoms with Crippen LogP contribution in [0.1, 0.15) is 41.3 Å². The lowest BCUT2D eigenvalue weighted by molar-refractivity contribution is 0.199. The van der Waals surface area contributed by atoms with Gasteiger partial charge in [-0.2, -0.15) is 5.10 Å². The second-order valence-corrected chi connectivity index (χ2v) is 7.93. The normalized spacial score (nSPS) is 16.4. The first kappa shape index (κ1) is 18.7. The third-order valence-corrected chi connectivity index (χ3v) is 5.30. The summed E-state index contributed by atoms with van der Waals surface area (Å²) in [7, 11) is 0. The molecule has 26 heavy (non-hydrogen) atoms. The smallest absolute Gasteiger partial charge is 0.123 e. The molecule has 1 aliphatic rings. The first-order valence-electron chi connectivity index (χ1n) is 8.68. The molecular weight excluding hydrogens is 351 g/mol. The molecule has 0 bridgehead atoms. The summed E-state index contributed by atoms with van der Waals surface area (Å²) in [6.07, 6.45) is 3.94. The number of aliphatic imine (C=N–C) groups is 1. The highest BCUT2D eigenvalue weighted by Crippen LogP contribution is 2.34. The maximum Gasteiger partial charge on any atom is 0.123 e. The standard InChI is InChI=1S/C19H23FN4OS/c1-11(25)17-7-14(20)5-6-16(17)19-18(26-12(2)23-19)8-15(24-21)10-22-9-13-3-4-13/h5-7,10-11,13,25H,3-4,8-9,21H2,1-2H3/t11-/m1/s1. The molecular formula is C19H23FN4OS. The van der Waals surface area contributed by atoms with Gasteiger partial charge in [0.25, 0.3) is 0 Å². The third-order valence-electron chi connectivity index (χ3n) is 4.33. The maximum atomic E-state index is 13.6. The van der Waals surface area contributed by atoms with E-state index in [2.05, 4.69) is 15.1 Å². The topological polar surface area (TPSA) is 83.9 Å². The molecule has 0 aliphatic heterocycles. The molecule has 7 heteroatoms. The molecule has 1 fully saturated rings. The van der Waals surface area contributed by atoms with Crippen molar-refractivity contribution in [2.75, 3.05) is 6.54 Å². The first-order valence-corrected chi connectivity index (χ1v) is 9.50. The van der Waals surface area contributed by atoms with Crippen molar-refractivity contribution in [3.05, 3.63) is 39.5 Å². The number of nitrogens with zero attached hydrogens (tertiary/aromatic N) is 3. The Bertz CT molecular complexity index is 840. The summed E-state index contributed by atoms with van der Waals surface area (Å²) in [5.74, 6) is 5.87. The average molecular weight is 374 g/mol. The zero-order valence-corrected chi connectivity index (χ0v) is 15.8. The van der Waals surface area contributed by atoms with E-state index in [9.17, 15) is 9.50 Å². The molecule has 3 rings (SSSR count). The number of hydrogen-bond donors (Lipinski definition) is 2. The quantitative estimate of drug-likeness (QED) is 0.441. The molecule has 1 aliphatic carbocycles. The number of aliphatic hydroxyl groups excluding tert-OH is 1. The van der Waals surface area contributed by atoms with Gasteiger partial charge in [0.1, 0.15) is 5.82 Å². The Kier molecular flexibility index (Phi) is 5.78. The number of aliphatic hydroxyl groups is 1. The van der Waals surface area contributed by atoms with Gasteiger partial charge in [-0.25, -0.2) is 9.37 Å². The van der Waals surface area contributed by atoms with Crippen molar-refractivity contribution in [2.24, 2.45) is 21.9 Å². The fourth-order valence-corrected chi connectivity index (χ4v) is 3.76. The summed E-state index contributed by atoms with van der Waals surface area (Å²) in [6.45, 7) is 4.36. The molecule has 3 N–H and O–H groups in total. The number of nitrogens with two attached hydrogens (primary N) is 1. The van der Waals surface area contributed by atoms with Crippen LogP contribution >= 0.6 is 11.3 Å². The van der Waals surface area contributed by atoms with E-state index in [0.29, 0.717) is 23.6 Å². The van der Waals surface area contributed by atoms with E-state index in [1.807, 2.05) is 6.92 Å². The number of hydrogen-bond acceptors (Lipinski definition) is 6. The van der Waals surface area contributed by atoms with E-state index >= 15 is 0 Å². The molecule has 5 nitrogen and oxygen atoms in total. The second kappa shape index (κ2) is 8.05. The van der Waals surface area contributed by atoms with Gasteiger partial charge in [0, 0.05) is 29.6 Å². The molecule has 1 aromatic carbocycles. The molecule has 0 amide bonds. The number of thiazole rings is 1. The number of aryl methyl sites for hydroxylation is 1. The predicted octanol–water partition coefficient (Wildman–Crippen LogP) is 3.65. The zero-order valence-electron chi connectivity index (χ0n) is 14.9. The number of benzene rings is 1. The average Bonchev–Trinajstić information content (AvgIpc) is 3.35. The van der Waals surface area contributed by atoms with Crippen molar-refractivity contribution in [3.8, 4) is 11.3 Å². The fourth-order valence-electron chi connectivity index (χ4n) is 2.79. The molecule has 0 radical (unpaired) electrons.